The van der Waals surface area contributed by atoms with Crippen LogP contribution in [-0.4, -0.2) is 31.0 Å². The molecule has 10 heteroatoms. The molecule has 1 amide bonds. The van der Waals surface area contributed by atoms with Crippen molar-refractivity contribution < 1.29 is 9.21 Å². The molecule has 39 heavy (non-hydrogen) atoms. The lowest BCUT2D eigenvalue weighted by molar-refractivity contribution is -0.113. The summed E-state index contributed by atoms with van der Waals surface area (Å²) < 4.78 is 9.33. The fourth-order valence-corrected chi connectivity index (χ4v) is 5.21. The van der Waals surface area contributed by atoms with Gasteiger partial charge in [-0.05, 0) is 80.4 Å². The topological polar surface area (TPSA) is 102 Å². The number of anilines is 1. The molecule has 0 aliphatic heterocycles. The molecule has 0 bridgehead atoms. The van der Waals surface area contributed by atoms with Crippen LogP contribution in [-0.2, 0) is 11.3 Å². The number of hydrogen-bond acceptors (Lipinski definition) is 6. The number of nitriles is 1. The number of furan rings is 1. The normalized spacial score (nSPS) is 10.9. The van der Waals surface area contributed by atoms with Crippen LogP contribution in [0.2, 0.25) is 5.02 Å². The second kappa shape index (κ2) is 11.2. The lowest BCUT2D eigenvalue weighted by Gasteiger charge is -2.13. The summed E-state index contributed by atoms with van der Waals surface area (Å²) in [7, 11) is 0. The second-order valence-electron chi connectivity index (χ2n) is 9.04. The Labute approximate surface area is 235 Å². The Hall–Kier alpha value is -4.26. The van der Waals surface area contributed by atoms with Crippen molar-refractivity contribution in [3.05, 3.63) is 100 Å². The monoisotopic (exact) mass is 556 g/mol. The zero-order chi connectivity index (χ0) is 27.5. The third kappa shape index (κ3) is 5.48. The molecule has 5 aromatic rings. The summed E-state index contributed by atoms with van der Waals surface area (Å²) >= 11 is 7.37. The van der Waals surface area contributed by atoms with Gasteiger partial charge in [0.05, 0.1) is 24.1 Å². The smallest absolute Gasteiger partial charge is 0.235 e. The molecule has 1 N–H and O–H groups in total. The minimum atomic E-state index is -0.262. The maximum Gasteiger partial charge on any atom is 0.235 e. The molecule has 0 aliphatic rings. The number of nitrogens with one attached hydrogen (secondary N) is 1. The van der Waals surface area contributed by atoms with Crippen molar-refractivity contribution in [2.24, 2.45) is 0 Å². The highest BCUT2D eigenvalue weighted by Crippen LogP contribution is 2.31. The summed E-state index contributed by atoms with van der Waals surface area (Å²) in [6.45, 7) is 6.21. The molecule has 0 radical (unpaired) electrons. The molecular weight excluding hydrogens is 532 g/mol. The Morgan fingerprint density at radius 1 is 1.10 bits per heavy atom. The molecule has 3 aromatic heterocycles. The molecule has 2 aromatic carbocycles. The van der Waals surface area contributed by atoms with Crippen molar-refractivity contribution in [1.82, 2.24) is 19.3 Å². The summed E-state index contributed by atoms with van der Waals surface area (Å²) in [6.07, 6.45) is 1.60. The number of thioether (sulfide) groups is 1. The number of hydrogen-bond donors (Lipinski definition) is 1. The van der Waals surface area contributed by atoms with Crippen LogP contribution in [0.4, 0.5) is 5.82 Å². The predicted octanol–water partition coefficient (Wildman–Crippen LogP) is 6.56. The Balaban J connectivity index is 1.42. The molecule has 0 fully saturated rings. The first-order valence-corrected chi connectivity index (χ1v) is 13.5. The summed E-state index contributed by atoms with van der Waals surface area (Å²) in [5.74, 6) is 1.63. The maximum atomic E-state index is 13.2. The van der Waals surface area contributed by atoms with E-state index < -0.39 is 0 Å². The average molecular weight is 557 g/mol. The fourth-order valence-electron chi connectivity index (χ4n) is 4.33. The van der Waals surface area contributed by atoms with Crippen LogP contribution in [0.15, 0.2) is 76.5 Å². The van der Waals surface area contributed by atoms with Gasteiger partial charge >= 0.3 is 0 Å². The van der Waals surface area contributed by atoms with Crippen molar-refractivity contribution in [3.63, 3.8) is 0 Å². The van der Waals surface area contributed by atoms with Crippen molar-refractivity contribution >= 4 is 35.1 Å². The van der Waals surface area contributed by atoms with E-state index in [1.54, 1.807) is 18.4 Å². The number of benzene rings is 2. The van der Waals surface area contributed by atoms with Crippen LogP contribution >= 0.6 is 23.4 Å². The van der Waals surface area contributed by atoms with Gasteiger partial charge in [-0.25, -0.2) is 0 Å². The zero-order valence-corrected chi connectivity index (χ0v) is 23.2. The third-order valence-electron chi connectivity index (χ3n) is 6.42. The highest BCUT2D eigenvalue weighted by atomic mass is 35.5. The van der Waals surface area contributed by atoms with Crippen LogP contribution in [0.1, 0.15) is 28.1 Å². The lowest BCUT2D eigenvalue weighted by Crippen LogP contribution is -2.19. The Morgan fingerprint density at radius 2 is 1.90 bits per heavy atom. The van der Waals surface area contributed by atoms with Crippen molar-refractivity contribution in [2.75, 3.05) is 11.1 Å². The Kier molecular flexibility index (Phi) is 7.59. The van der Waals surface area contributed by atoms with Crippen LogP contribution in [0, 0.1) is 32.1 Å². The quantitative estimate of drug-likeness (QED) is 0.217. The average Bonchev–Trinajstić information content (AvgIpc) is 3.64. The molecule has 0 saturated heterocycles. The SMILES string of the molecule is Cc1cccc(-n2c(SCC(=O)Nc3c(C#N)c(C)c(C)n3Cc3ccco3)nnc2-c2ccc(Cl)cc2)c1. The molecule has 8 nitrogen and oxygen atoms in total. The number of nitrogens with zero attached hydrogens (tertiary/aromatic N) is 5. The van der Waals surface area contributed by atoms with E-state index in [2.05, 4.69) is 21.6 Å². The van der Waals surface area contributed by atoms with Gasteiger partial charge in [-0.2, -0.15) is 5.26 Å². The molecule has 0 unspecified atom stereocenters. The number of halogens is 1. The number of carbonyl (C=O) groups is 1. The van der Waals surface area contributed by atoms with Crippen LogP contribution in [0.3, 0.4) is 0 Å². The van der Waals surface area contributed by atoms with Gasteiger partial charge < -0.3 is 14.3 Å². The summed E-state index contributed by atoms with van der Waals surface area (Å²) in [5, 5.41) is 22.8. The first-order chi connectivity index (χ1) is 18.9. The van der Waals surface area contributed by atoms with Gasteiger partial charge in [0.2, 0.25) is 5.91 Å². The van der Waals surface area contributed by atoms with Crippen molar-refractivity contribution in [3.8, 4) is 23.1 Å². The van der Waals surface area contributed by atoms with Gasteiger partial charge in [0.1, 0.15) is 17.6 Å². The number of rotatable bonds is 8. The zero-order valence-electron chi connectivity index (χ0n) is 21.6. The van der Waals surface area contributed by atoms with Gasteiger partial charge in [0, 0.05) is 22.0 Å². The number of carbonyl (C=O) groups excluding carboxylic acids is 1. The van der Waals surface area contributed by atoms with Gasteiger partial charge in [-0.15, -0.1) is 10.2 Å². The van der Waals surface area contributed by atoms with Crippen molar-refractivity contribution in [1.29, 1.82) is 5.26 Å². The van der Waals surface area contributed by atoms with Gasteiger partial charge in [-0.3, -0.25) is 9.36 Å². The Morgan fingerprint density at radius 3 is 2.59 bits per heavy atom. The highest BCUT2D eigenvalue weighted by Gasteiger charge is 2.22. The van der Waals surface area contributed by atoms with Crippen LogP contribution < -0.4 is 5.32 Å². The predicted molar refractivity (Wildman–Crippen MR) is 152 cm³/mol. The van der Waals surface area contributed by atoms with Gasteiger partial charge in [0.15, 0.2) is 11.0 Å². The summed E-state index contributed by atoms with van der Waals surface area (Å²) in [4.78, 5) is 13.2. The van der Waals surface area contributed by atoms with E-state index in [4.69, 9.17) is 16.0 Å². The molecule has 196 valence electrons. The molecule has 5 rings (SSSR count). The largest absolute Gasteiger partial charge is 0.467 e. The minimum absolute atomic E-state index is 0.0689. The first kappa shape index (κ1) is 26.4. The summed E-state index contributed by atoms with van der Waals surface area (Å²) in [5.41, 5.74) is 4.97. The first-order valence-electron chi connectivity index (χ1n) is 12.2. The van der Waals surface area contributed by atoms with E-state index in [0.717, 1.165) is 33.8 Å². The van der Waals surface area contributed by atoms with Crippen LogP contribution in [0.5, 0.6) is 0 Å². The standard InChI is InChI=1S/C29H25ClN6O2S/c1-18-6-4-7-23(14-18)36-27(21-9-11-22(30)12-10-21)33-34-29(36)39-17-26(37)32-28-25(15-31)19(2)20(3)35(28)16-24-8-5-13-38-24/h4-14H,16-17H2,1-3H3,(H,32,37). The number of aromatic nitrogens is 4. The Bertz CT molecular complexity index is 1680. The maximum absolute atomic E-state index is 13.2. The van der Waals surface area contributed by atoms with E-state index in [9.17, 15) is 10.1 Å². The lowest BCUT2D eigenvalue weighted by atomic mass is 10.2. The molecular formula is C29H25ClN6O2S. The molecule has 3 heterocycles. The molecule has 0 spiro atoms. The van der Waals surface area contributed by atoms with E-state index in [0.29, 0.717) is 33.9 Å². The van der Waals surface area contributed by atoms with Gasteiger partial charge in [-0.1, -0.05) is 35.5 Å². The van der Waals surface area contributed by atoms with Crippen molar-refractivity contribution in [2.45, 2.75) is 32.5 Å². The second-order valence-corrected chi connectivity index (χ2v) is 10.4. The van der Waals surface area contributed by atoms with E-state index in [1.807, 2.05) is 78.4 Å². The molecule has 0 saturated carbocycles. The van der Waals surface area contributed by atoms with Crippen LogP contribution in [0.25, 0.3) is 17.1 Å². The highest BCUT2D eigenvalue weighted by molar-refractivity contribution is 7.99. The summed E-state index contributed by atoms with van der Waals surface area (Å²) in [6, 6.07) is 21.3. The third-order valence-corrected chi connectivity index (χ3v) is 7.60. The number of aryl methyl sites for hydroxylation is 1. The van der Waals surface area contributed by atoms with E-state index in [-0.39, 0.29) is 11.7 Å². The molecule has 0 aliphatic carbocycles. The molecule has 0 atom stereocenters. The van der Waals surface area contributed by atoms with E-state index in [1.165, 1.54) is 11.8 Å². The minimum Gasteiger partial charge on any atom is -0.467 e. The number of amides is 1. The van der Waals surface area contributed by atoms with Gasteiger partial charge in [0.25, 0.3) is 0 Å². The van der Waals surface area contributed by atoms with E-state index >= 15 is 0 Å². The fraction of sp³-hybridized carbons (Fsp3) is 0.172.